The van der Waals surface area contributed by atoms with Gasteiger partial charge in [-0.15, -0.1) is 0 Å². The van der Waals surface area contributed by atoms with Crippen molar-refractivity contribution in [1.82, 2.24) is 0 Å². The second-order valence-electron chi connectivity index (χ2n) is 5.36. The second-order valence-corrected chi connectivity index (χ2v) is 5.76. The summed E-state index contributed by atoms with van der Waals surface area (Å²) in [7, 11) is 0. The molecule has 1 aliphatic rings. The topological polar surface area (TPSA) is 59.9 Å². The molecule has 0 aromatic heterocycles. The number of hydrogen-bond donors (Lipinski definition) is 1. The van der Waals surface area contributed by atoms with Crippen LogP contribution in [0, 0.1) is 5.82 Å². The Labute approximate surface area is 151 Å². The minimum absolute atomic E-state index is 0.0707. The Morgan fingerprint density at radius 3 is 2.65 bits per heavy atom. The molecule has 0 aliphatic carbocycles. The van der Waals surface area contributed by atoms with Gasteiger partial charge in [0, 0.05) is 12.1 Å². The predicted molar refractivity (Wildman–Crippen MR) is 89.1 cm³/mol. The highest BCUT2D eigenvalue weighted by Gasteiger charge is 2.29. The fourth-order valence-electron chi connectivity index (χ4n) is 2.32. The normalized spacial score (nSPS) is 16.2. The molecule has 0 radical (unpaired) electrons. The third kappa shape index (κ3) is 4.26. The van der Waals surface area contributed by atoms with Crippen LogP contribution in [0.25, 0.3) is 0 Å². The molecular formula is C17H12ClF3N2O3. The Kier molecular flexibility index (Phi) is 5.32. The largest absolute Gasteiger partial charge is 0.433 e. The zero-order chi connectivity index (χ0) is 18.7. The van der Waals surface area contributed by atoms with Gasteiger partial charge in [0.05, 0.1) is 10.7 Å². The van der Waals surface area contributed by atoms with E-state index in [1.165, 1.54) is 30.3 Å². The number of benzene rings is 2. The van der Waals surface area contributed by atoms with Gasteiger partial charge in [0.15, 0.2) is 0 Å². The number of anilines is 1. The number of hydrogen-bond acceptors (Lipinski definition) is 4. The first-order valence-electron chi connectivity index (χ1n) is 7.46. The fraction of sp³-hybridized carbons (Fsp3) is 0.176. The quantitative estimate of drug-likeness (QED) is 0.840. The van der Waals surface area contributed by atoms with Gasteiger partial charge in [0.25, 0.3) is 5.91 Å². The molecule has 1 heterocycles. The van der Waals surface area contributed by atoms with Gasteiger partial charge in [0.1, 0.15) is 11.6 Å². The van der Waals surface area contributed by atoms with E-state index in [9.17, 15) is 18.0 Å². The smallest absolute Gasteiger partial charge is 0.387 e. The molecule has 0 fully saturated rings. The number of amides is 1. The van der Waals surface area contributed by atoms with Gasteiger partial charge in [0.2, 0.25) is 6.10 Å². The van der Waals surface area contributed by atoms with E-state index in [1.807, 2.05) is 0 Å². The highest BCUT2D eigenvalue weighted by atomic mass is 35.5. The number of ether oxygens (including phenoxy) is 1. The van der Waals surface area contributed by atoms with Crippen LogP contribution in [-0.2, 0) is 9.63 Å². The number of halogens is 4. The van der Waals surface area contributed by atoms with Crippen LogP contribution in [0.5, 0.6) is 5.75 Å². The van der Waals surface area contributed by atoms with Crippen molar-refractivity contribution in [3.8, 4) is 5.75 Å². The van der Waals surface area contributed by atoms with E-state index in [0.29, 0.717) is 17.0 Å². The monoisotopic (exact) mass is 384 g/mol. The summed E-state index contributed by atoms with van der Waals surface area (Å²) < 4.78 is 41.6. The van der Waals surface area contributed by atoms with Crippen LogP contribution in [0.3, 0.4) is 0 Å². The van der Waals surface area contributed by atoms with Crippen LogP contribution < -0.4 is 10.1 Å². The third-order valence-corrected chi connectivity index (χ3v) is 3.85. The highest BCUT2D eigenvalue weighted by Crippen LogP contribution is 2.29. The molecule has 0 spiro atoms. The van der Waals surface area contributed by atoms with Crippen molar-refractivity contribution in [2.75, 3.05) is 5.32 Å². The summed E-state index contributed by atoms with van der Waals surface area (Å²) in [6, 6.07) is 9.54. The molecule has 5 nitrogen and oxygen atoms in total. The molecule has 26 heavy (non-hydrogen) atoms. The summed E-state index contributed by atoms with van der Waals surface area (Å²) in [5.74, 6) is -1.05. The minimum atomic E-state index is -3.00. The summed E-state index contributed by atoms with van der Waals surface area (Å²) in [4.78, 5) is 17.4. The molecule has 136 valence electrons. The van der Waals surface area contributed by atoms with Gasteiger partial charge < -0.3 is 14.9 Å². The summed E-state index contributed by atoms with van der Waals surface area (Å²) in [6.07, 6.45) is -0.663. The van der Waals surface area contributed by atoms with Gasteiger partial charge in [-0.05, 0) is 35.9 Å². The van der Waals surface area contributed by atoms with E-state index in [4.69, 9.17) is 16.4 Å². The predicted octanol–water partition coefficient (Wildman–Crippen LogP) is 4.21. The number of carbonyl (C=O) groups is 1. The lowest BCUT2D eigenvalue weighted by atomic mass is 10.0. The summed E-state index contributed by atoms with van der Waals surface area (Å²) in [6.45, 7) is -3.00. The Bertz CT molecular complexity index is 844. The van der Waals surface area contributed by atoms with Gasteiger partial charge in [-0.2, -0.15) is 8.78 Å². The fourth-order valence-corrected chi connectivity index (χ4v) is 2.55. The first-order valence-corrected chi connectivity index (χ1v) is 7.84. The van der Waals surface area contributed by atoms with Crippen LogP contribution in [0.4, 0.5) is 18.9 Å². The number of alkyl halides is 2. The molecular weight excluding hydrogens is 373 g/mol. The van der Waals surface area contributed by atoms with Crippen molar-refractivity contribution < 1.29 is 27.5 Å². The minimum Gasteiger partial charge on any atom is -0.433 e. The lowest BCUT2D eigenvalue weighted by Crippen LogP contribution is -2.28. The SMILES string of the molecule is O=C(Nc1ccc(OC(F)F)c(Cl)c1)C1CC(c2ccc(F)cc2)=NO1. The summed E-state index contributed by atoms with van der Waals surface area (Å²) >= 11 is 5.84. The van der Waals surface area contributed by atoms with Crippen LogP contribution in [0.15, 0.2) is 47.6 Å². The zero-order valence-electron chi connectivity index (χ0n) is 13.1. The van der Waals surface area contributed by atoms with Gasteiger partial charge in [-0.1, -0.05) is 28.9 Å². The maximum atomic E-state index is 13.0. The van der Waals surface area contributed by atoms with Crippen LogP contribution in [-0.4, -0.2) is 24.3 Å². The maximum absolute atomic E-state index is 13.0. The molecule has 1 amide bonds. The molecule has 0 saturated heterocycles. The molecule has 1 unspecified atom stereocenters. The van der Waals surface area contributed by atoms with E-state index in [1.54, 1.807) is 12.1 Å². The number of rotatable bonds is 5. The lowest BCUT2D eigenvalue weighted by molar-refractivity contribution is -0.125. The molecule has 0 bridgehead atoms. The van der Waals surface area contributed by atoms with Crippen molar-refractivity contribution in [2.45, 2.75) is 19.1 Å². The summed E-state index contributed by atoms with van der Waals surface area (Å²) in [5, 5.41) is 6.34. The number of nitrogens with zero attached hydrogens (tertiary/aromatic N) is 1. The number of oxime groups is 1. The first-order chi connectivity index (χ1) is 12.4. The van der Waals surface area contributed by atoms with Crippen LogP contribution in [0.2, 0.25) is 5.02 Å². The Morgan fingerprint density at radius 1 is 1.27 bits per heavy atom. The van der Waals surface area contributed by atoms with Crippen molar-refractivity contribution in [3.05, 3.63) is 58.9 Å². The average molecular weight is 385 g/mol. The highest BCUT2D eigenvalue weighted by molar-refractivity contribution is 6.32. The average Bonchev–Trinajstić information content (AvgIpc) is 3.08. The van der Waals surface area contributed by atoms with Crippen molar-refractivity contribution >= 4 is 28.9 Å². The van der Waals surface area contributed by atoms with E-state index in [-0.39, 0.29) is 23.0 Å². The third-order valence-electron chi connectivity index (χ3n) is 3.55. The van der Waals surface area contributed by atoms with Gasteiger partial charge in [-0.25, -0.2) is 4.39 Å². The lowest BCUT2D eigenvalue weighted by Gasteiger charge is -2.11. The Morgan fingerprint density at radius 2 is 2.00 bits per heavy atom. The molecule has 2 aromatic rings. The molecule has 0 saturated carbocycles. The van der Waals surface area contributed by atoms with Gasteiger partial charge >= 0.3 is 6.61 Å². The van der Waals surface area contributed by atoms with Crippen LogP contribution in [0.1, 0.15) is 12.0 Å². The first kappa shape index (κ1) is 18.1. The summed E-state index contributed by atoms with van der Waals surface area (Å²) in [5.41, 5.74) is 1.46. The Hall–Kier alpha value is -2.74. The molecule has 1 N–H and O–H groups in total. The van der Waals surface area contributed by atoms with E-state index < -0.39 is 18.6 Å². The van der Waals surface area contributed by atoms with Crippen LogP contribution >= 0.6 is 11.6 Å². The molecule has 9 heteroatoms. The molecule has 1 aliphatic heterocycles. The number of carbonyl (C=O) groups excluding carboxylic acids is 1. The van der Waals surface area contributed by atoms with Gasteiger partial charge in [-0.3, -0.25) is 4.79 Å². The standard InChI is InChI=1S/C17H12ClF3N2O3/c18-12-7-11(5-6-14(12)25-17(20)21)22-16(24)15-8-13(23-26-15)9-1-3-10(19)4-2-9/h1-7,15,17H,8H2,(H,22,24). The maximum Gasteiger partial charge on any atom is 0.387 e. The van der Waals surface area contributed by atoms with Crippen molar-refractivity contribution in [3.63, 3.8) is 0 Å². The molecule has 1 atom stereocenters. The van der Waals surface area contributed by atoms with E-state index in [0.717, 1.165) is 0 Å². The second kappa shape index (κ2) is 7.65. The molecule has 2 aromatic carbocycles. The van der Waals surface area contributed by atoms with Crippen molar-refractivity contribution in [2.24, 2.45) is 5.16 Å². The molecule has 3 rings (SSSR count). The van der Waals surface area contributed by atoms with Crippen molar-refractivity contribution in [1.29, 1.82) is 0 Å². The van der Waals surface area contributed by atoms with E-state index in [2.05, 4.69) is 15.2 Å². The Balaban J connectivity index is 1.61. The number of nitrogens with one attached hydrogen (secondary N) is 1. The zero-order valence-corrected chi connectivity index (χ0v) is 13.8. The van der Waals surface area contributed by atoms with E-state index >= 15 is 0 Å².